The van der Waals surface area contributed by atoms with E-state index >= 15 is 0 Å². The molecule has 0 saturated carbocycles. The summed E-state index contributed by atoms with van der Waals surface area (Å²) in [5.74, 6) is 0.0145. The molecule has 2 amide bonds. The van der Waals surface area contributed by atoms with E-state index < -0.39 is 0 Å². The van der Waals surface area contributed by atoms with Crippen LogP contribution in [0, 0.1) is 0 Å². The van der Waals surface area contributed by atoms with Crippen LogP contribution in [0.15, 0.2) is 54.6 Å². The van der Waals surface area contributed by atoms with Gasteiger partial charge in [0, 0.05) is 24.2 Å². The number of benzene rings is 2. The molecule has 6 heteroatoms. The molecule has 2 fully saturated rings. The Kier molecular flexibility index (Phi) is 6.22. The number of ether oxygens (including phenoxy) is 1. The molecule has 6 nitrogen and oxygen atoms in total. The minimum absolute atomic E-state index is 0.0751. The smallest absolute Gasteiger partial charge is 0.252 e. The molecule has 0 radical (unpaired) electrons. The Balaban J connectivity index is 1.50. The van der Waals surface area contributed by atoms with Gasteiger partial charge in [-0.1, -0.05) is 36.4 Å². The largest absolute Gasteiger partial charge is 0.370 e. The fourth-order valence-electron chi connectivity index (χ4n) is 4.07. The molecule has 2 N–H and O–H groups in total. The van der Waals surface area contributed by atoms with Crippen molar-refractivity contribution in [2.24, 2.45) is 0 Å². The summed E-state index contributed by atoms with van der Waals surface area (Å²) in [6.07, 6.45) is 1.45. The second kappa shape index (κ2) is 9.20. The lowest BCUT2D eigenvalue weighted by Gasteiger charge is -2.28. The maximum absolute atomic E-state index is 13.1. The molecular weight excluding hydrogens is 366 g/mol. The van der Waals surface area contributed by atoms with Gasteiger partial charge in [-0.05, 0) is 30.2 Å². The predicted molar refractivity (Wildman–Crippen MR) is 111 cm³/mol. The number of morpholine rings is 1. The zero-order valence-electron chi connectivity index (χ0n) is 16.6. The zero-order chi connectivity index (χ0) is 20.1. The normalized spacial score (nSPS) is 18.6. The second-order valence-electron chi connectivity index (χ2n) is 7.70. The van der Waals surface area contributed by atoms with E-state index in [1.54, 1.807) is 4.90 Å². The molecular formula is C23H28N3O3+. The average molecular weight is 394 g/mol. The summed E-state index contributed by atoms with van der Waals surface area (Å²) in [6, 6.07) is 17.4. The zero-order valence-corrected chi connectivity index (χ0v) is 16.6. The molecule has 29 heavy (non-hydrogen) atoms. The van der Waals surface area contributed by atoms with Crippen molar-refractivity contribution in [1.82, 2.24) is 5.32 Å². The van der Waals surface area contributed by atoms with E-state index in [2.05, 4.69) is 17.4 Å². The lowest BCUT2D eigenvalue weighted by Crippen LogP contribution is -3.14. The standard InChI is InChI=1S/C23H27N3O3/c27-22-10-5-11-26(22)20-9-4-8-19(16-20)23(28)24-21(18-6-2-1-3-7-18)17-25-12-14-29-15-13-25/h1-4,6-9,16,21H,5,10-15,17H2,(H,24,28)/p+1/t21-/m1/s1. The summed E-state index contributed by atoms with van der Waals surface area (Å²) < 4.78 is 5.47. The summed E-state index contributed by atoms with van der Waals surface area (Å²) in [5, 5.41) is 3.22. The van der Waals surface area contributed by atoms with Gasteiger partial charge in [0.2, 0.25) is 5.91 Å². The highest BCUT2D eigenvalue weighted by Gasteiger charge is 2.25. The summed E-state index contributed by atoms with van der Waals surface area (Å²) >= 11 is 0. The summed E-state index contributed by atoms with van der Waals surface area (Å²) in [6.45, 7) is 4.96. The molecule has 2 heterocycles. The van der Waals surface area contributed by atoms with Crippen LogP contribution in [0.25, 0.3) is 0 Å². The van der Waals surface area contributed by atoms with Gasteiger partial charge in [-0.15, -0.1) is 0 Å². The van der Waals surface area contributed by atoms with Gasteiger partial charge in [-0.3, -0.25) is 9.59 Å². The maximum atomic E-state index is 13.1. The molecule has 2 aromatic carbocycles. The number of amides is 2. The Morgan fingerprint density at radius 2 is 1.90 bits per heavy atom. The van der Waals surface area contributed by atoms with Crippen LogP contribution in [0.5, 0.6) is 0 Å². The lowest BCUT2D eigenvalue weighted by molar-refractivity contribution is -0.909. The number of nitrogens with one attached hydrogen (secondary N) is 2. The summed E-state index contributed by atoms with van der Waals surface area (Å²) in [7, 11) is 0. The fourth-order valence-corrected chi connectivity index (χ4v) is 4.07. The van der Waals surface area contributed by atoms with Crippen LogP contribution in [-0.2, 0) is 9.53 Å². The highest BCUT2D eigenvalue weighted by molar-refractivity contribution is 5.99. The van der Waals surface area contributed by atoms with Crippen molar-refractivity contribution in [3.63, 3.8) is 0 Å². The number of hydrogen-bond donors (Lipinski definition) is 2. The number of nitrogens with zero attached hydrogens (tertiary/aromatic N) is 1. The first kappa shape index (κ1) is 19.6. The average Bonchev–Trinajstić information content (AvgIpc) is 3.20. The van der Waals surface area contributed by atoms with Gasteiger partial charge < -0.3 is 19.9 Å². The van der Waals surface area contributed by atoms with Crippen molar-refractivity contribution in [3.8, 4) is 0 Å². The van der Waals surface area contributed by atoms with E-state index in [9.17, 15) is 9.59 Å². The van der Waals surface area contributed by atoms with Gasteiger partial charge in [-0.25, -0.2) is 0 Å². The minimum atomic E-state index is -0.111. The van der Waals surface area contributed by atoms with Gasteiger partial charge in [0.05, 0.1) is 13.2 Å². The van der Waals surface area contributed by atoms with Crippen LogP contribution in [0.3, 0.4) is 0 Å². The van der Waals surface area contributed by atoms with Gasteiger partial charge in [0.15, 0.2) is 0 Å². The Bertz CT molecular complexity index is 849. The molecule has 1 atom stereocenters. The third-order valence-electron chi connectivity index (χ3n) is 5.69. The number of rotatable bonds is 6. The van der Waals surface area contributed by atoms with E-state index in [0.717, 1.165) is 57.1 Å². The monoisotopic (exact) mass is 394 g/mol. The van der Waals surface area contributed by atoms with Gasteiger partial charge in [0.25, 0.3) is 5.91 Å². The van der Waals surface area contributed by atoms with E-state index in [-0.39, 0.29) is 17.9 Å². The topological polar surface area (TPSA) is 63.1 Å². The quantitative estimate of drug-likeness (QED) is 0.774. The molecule has 2 aliphatic rings. The van der Waals surface area contributed by atoms with Crippen molar-refractivity contribution in [3.05, 3.63) is 65.7 Å². The van der Waals surface area contributed by atoms with Crippen LogP contribution >= 0.6 is 0 Å². The van der Waals surface area contributed by atoms with Crippen molar-refractivity contribution in [1.29, 1.82) is 0 Å². The molecule has 0 aliphatic carbocycles. The summed E-state index contributed by atoms with van der Waals surface area (Å²) in [4.78, 5) is 28.3. The van der Waals surface area contributed by atoms with E-state index in [4.69, 9.17) is 4.74 Å². The van der Waals surface area contributed by atoms with Gasteiger partial charge in [-0.2, -0.15) is 0 Å². The Morgan fingerprint density at radius 3 is 2.62 bits per heavy atom. The van der Waals surface area contributed by atoms with Crippen LogP contribution < -0.4 is 15.1 Å². The van der Waals surface area contributed by atoms with Crippen molar-refractivity contribution >= 4 is 17.5 Å². The predicted octanol–water partition coefficient (Wildman–Crippen LogP) is 1.20. The Hall–Kier alpha value is -2.70. The first-order valence-electron chi connectivity index (χ1n) is 10.4. The fraction of sp³-hybridized carbons (Fsp3) is 0.391. The molecule has 0 unspecified atom stereocenters. The lowest BCUT2D eigenvalue weighted by atomic mass is 10.0. The first-order chi connectivity index (χ1) is 14.2. The Morgan fingerprint density at radius 1 is 1.10 bits per heavy atom. The van der Waals surface area contributed by atoms with E-state index in [0.29, 0.717) is 12.0 Å². The highest BCUT2D eigenvalue weighted by Crippen LogP contribution is 2.22. The molecule has 152 valence electrons. The SMILES string of the molecule is O=C(N[C@H](C[NH+]1CCOCC1)c1ccccc1)c1cccc(N2CCCC2=O)c1. The van der Waals surface area contributed by atoms with E-state index in [1.165, 1.54) is 4.90 Å². The van der Waals surface area contributed by atoms with Gasteiger partial charge >= 0.3 is 0 Å². The first-order valence-corrected chi connectivity index (χ1v) is 10.4. The van der Waals surface area contributed by atoms with E-state index in [1.807, 2.05) is 42.5 Å². The minimum Gasteiger partial charge on any atom is -0.370 e. The summed E-state index contributed by atoms with van der Waals surface area (Å²) in [5.41, 5.74) is 2.49. The van der Waals surface area contributed by atoms with Crippen molar-refractivity contribution in [2.75, 3.05) is 44.3 Å². The van der Waals surface area contributed by atoms with Gasteiger partial charge in [0.1, 0.15) is 25.7 Å². The number of hydrogen-bond acceptors (Lipinski definition) is 3. The highest BCUT2D eigenvalue weighted by atomic mass is 16.5. The Labute approximate surface area is 171 Å². The van der Waals surface area contributed by atoms with Crippen LogP contribution in [0.4, 0.5) is 5.69 Å². The number of anilines is 1. The van der Waals surface area contributed by atoms with Crippen LogP contribution in [0.1, 0.15) is 34.8 Å². The van der Waals surface area contributed by atoms with Crippen LogP contribution in [0.2, 0.25) is 0 Å². The number of carbonyl (C=O) groups is 2. The van der Waals surface area contributed by atoms with Crippen molar-refractivity contribution in [2.45, 2.75) is 18.9 Å². The maximum Gasteiger partial charge on any atom is 0.252 e. The van der Waals surface area contributed by atoms with Crippen LogP contribution in [-0.4, -0.2) is 51.2 Å². The number of quaternary nitrogens is 1. The molecule has 0 spiro atoms. The second-order valence-corrected chi connectivity index (χ2v) is 7.70. The third kappa shape index (κ3) is 4.83. The molecule has 0 bridgehead atoms. The molecule has 2 aromatic rings. The van der Waals surface area contributed by atoms with Crippen molar-refractivity contribution < 1.29 is 19.2 Å². The molecule has 2 saturated heterocycles. The third-order valence-corrected chi connectivity index (χ3v) is 5.69. The molecule has 0 aromatic heterocycles. The molecule has 4 rings (SSSR count). The number of carbonyl (C=O) groups excluding carboxylic acids is 2. The molecule has 2 aliphatic heterocycles.